The Bertz CT molecular complexity index is 102. The average molecular weight is 153 g/mol. The highest BCUT2D eigenvalue weighted by Crippen LogP contribution is 2.08. The van der Waals surface area contributed by atoms with Gasteiger partial charge in [-0.15, -0.1) is 0 Å². The molecule has 1 aliphatic heterocycles. The van der Waals surface area contributed by atoms with E-state index in [2.05, 4.69) is 4.99 Å². The van der Waals surface area contributed by atoms with E-state index in [1.807, 2.05) is 0 Å². The van der Waals surface area contributed by atoms with Gasteiger partial charge in [0.1, 0.15) is 0 Å². The summed E-state index contributed by atoms with van der Waals surface area (Å²) in [5.41, 5.74) is 0. The number of rotatable bonds is 1. The highest BCUT2D eigenvalue weighted by atomic mass is 35.5. The van der Waals surface area contributed by atoms with E-state index >= 15 is 0 Å². The first-order chi connectivity index (χ1) is 3.80. The smallest absolute Gasteiger partial charge is 0.180 e. The van der Waals surface area contributed by atoms with Gasteiger partial charge in [0.15, 0.2) is 4.96 Å². The molecule has 0 saturated heterocycles. The lowest BCUT2D eigenvalue weighted by Crippen LogP contribution is -2.23. The number of nitrogens with zero attached hydrogens (tertiary/aromatic N) is 2. The van der Waals surface area contributed by atoms with Crippen molar-refractivity contribution in [3.05, 3.63) is 0 Å². The summed E-state index contributed by atoms with van der Waals surface area (Å²) in [7, 11) is 0. The van der Waals surface area contributed by atoms with Crippen molar-refractivity contribution in [1.29, 1.82) is 0 Å². The van der Waals surface area contributed by atoms with Crippen molar-refractivity contribution in [2.45, 2.75) is 4.96 Å². The molecule has 0 unspecified atom stereocenters. The summed E-state index contributed by atoms with van der Waals surface area (Å²) < 4.78 is 0. The van der Waals surface area contributed by atoms with Gasteiger partial charge in [-0.25, -0.2) is 0 Å². The Hall–Kier alpha value is 0.0500. The summed E-state index contributed by atoms with van der Waals surface area (Å²) in [5, 5.41) is 0. The van der Waals surface area contributed by atoms with Gasteiger partial charge >= 0.3 is 0 Å². The third-order valence-corrected chi connectivity index (χ3v) is 1.47. The summed E-state index contributed by atoms with van der Waals surface area (Å²) in [6.07, 6.45) is 1.67. The molecule has 8 heavy (non-hydrogen) atoms. The number of aliphatic imine (C=N–C) groups is 1. The predicted octanol–water partition coefficient (Wildman–Crippen LogP) is 1.09. The van der Waals surface area contributed by atoms with Crippen molar-refractivity contribution in [1.82, 2.24) is 4.90 Å². The number of alkyl halides is 2. The first-order valence-corrected chi connectivity index (χ1v) is 3.22. The first kappa shape index (κ1) is 6.17. The molecule has 0 amide bonds. The van der Waals surface area contributed by atoms with E-state index in [1.165, 1.54) is 0 Å². The van der Waals surface area contributed by atoms with Crippen molar-refractivity contribution in [2.24, 2.45) is 4.99 Å². The molecule has 2 nitrogen and oxygen atoms in total. The van der Waals surface area contributed by atoms with E-state index in [-0.39, 0.29) is 0 Å². The van der Waals surface area contributed by atoms with E-state index in [9.17, 15) is 0 Å². The molecule has 46 valence electrons. The van der Waals surface area contributed by atoms with Crippen LogP contribution in [0.3, 0.4) is 0 Å². The van der Waals surface area contributed by atoms with Crippen LogP contribution in [0.2, 0.25) is 0 Å². The lowest BCUT2D eigenvalue weighted by molar-refractivity contribution is 0.512. The van der Waals surface area contributed by atoms with Crippen LogP contribution in [0.15, 0.2) is 4.99 Å². The molecule has 0 spiro atoms. The molecule has 0 atom stereocenters. The zero-order chi connectivity index (χ0) is 5.98. The quantitative estimate of drug-likeness (QED) is 0.406. The minimum atomic E-state index is -0.429. The van der Waals surface area contributed by atoms with Crippen LogP contribution in [-0.4, -0.2) is 29.3 Å². The third kappa shape index (κ3) is 1.26. The van der Waals surface area contributed by atoms with Crippen molar-refractivity contribution in [3.63, 3.8) is 0 Å². The molecule has 0 fully saturated rings. The molecule has 1 aliphatic rings. The molecule has 0 radical (unpaired) electrons. The largest absolute Gasteiger partial charge is 0.332 e. The molecule has 0 aromatic carbocycles. The average Bonchev–Trinajstić information content (AvgIpc) is 2.12. The Morgan fingerprint density at radius 1 is 1.62 bits per heavy atom. The SMILES string of the molecule is ClC(Cl)N1C=NCC1. The Balaban J connectivity index is 2.36. The van der Waals surface area contributed by atoms with E-state index in [0.717, 1.165) is 13.1 Å². The van der Waals surface area contributed by atoms with Crippen molar-refractivity contribution in [2.75, 3.05) is 13.1 Å². The normalized spacial score (nSPS) is 18.6. The maximum atomic E-state index is 5.48. The molecule has 0 aromatic rings. The minimum Gasteiger partial charge on any atom is -0.332 e. The second kappa shape index (κ2) is 2.55. The number of hydrogen-bond donors (Lipinski definition) is 0. The van der Waals surface area contributed by atoms with Crippen LogP contribution in [0.1, 0.15) is 0 Å². The van der Waals surface area contributed by atoms with Gasteiger partial charge in [0.25, 0.3) is 0 Å². The minimum absolute atomic E-state index is 0.429. The molecule has 4 heteroatoms. The van der Waals surface area contributed by atoms with Gasteiger partial charge in [0.2, 0.25) is 0 Å². The van der Waals surface area contributed by atoms with Crippen molar-refractivity contribution >= 4 is 29.5 Å². The fourth-order valence-electron chi connectivity index (χ4n) is 0.542. The summed E-state index contributed by atoms with van der Waals surface area (Å²) in [6, 6.07) is 0. The lowest BCUT2D eigenvalue weighted by atomic mass is 10.6. The van der Waals surface area contributed by atoms with Gasteiger partial charge in [-0.3, -0.25) is 4.99 Å². The van der Waals surface area contributed by atoms with Gasteiger partial charge in [0, 0.05) is 6.54 Å². The monoisotopic (exact) mass is 152 g/mol. The first-order valence-electron chi connectivity index (χ1n) is 2.34. The third-order valence-electron chi connectivity index (χ3n) is 0.968. The number of halogens is 2. The topological polar surface area (TPSA) is 15.6 Å². The zero-order valence-electron chi connectivity index (χ0n) is 4.22. The molecule has 0 aromatic heterocycles. The van der Waals surface area contributed by atoms with Gasteiger partial charge in [-0.1, -0.05) is 23.2 Å². The van der Waals surface area contributed by atoms with Gasteiger partial charge in [-0.2, -0.15) is 0 Å². The molecule has 0 N–H and O–H groups in total. The van der Waals surface area contributed by atoms with Gasteiger partial charge in [0.05, 0.1) is 12.9 Å². The fourth-order valence-corrected chi connectivity index (χ4v) is 0.838. The molecule has 0 saturated carbocycles. The summed E-state index contributed by atoms with van der Waals surface area (Å²) >= 11 is 11.0. The fraction of sp³-hybridized carbons (Fsp3) is 0.750. The standard InChI is InChI=1S/C4H6Cl2N2/c5-4(6)8-2-1-7-3-8/h3-4H,1-2H2. The molecule has 0 bridgehead atoms. The van der Waals surface area contributed by atoms with E-state index < -0.39 is 4.96 Å². The van der Waals surface area contributed by atoms with E-state index in [4.69, 9.17) is 23.2 Å². The zero-order valence-corrected chi connectivity index (χ0v) is 5.73. The van der Waals surface area contributed by atoms with Gasteiger partial charge in [-0.05, 0) is 0 Å². The van der Waals surface area contributed by atoms with Crippen LogP contribution >= 0.6 is 23.2 Å². The van der Waals surface area contributed by atoms with Crippen LogP contribution < -0.4 is 0 Å². The van der Waals surface area contributed by atoms with Crippen molar-refractivity contribution < 1.29 is 0 Å². The second-order valence-corrected chi connectivity index (χ2v) is 2.59. The lowest BCUT2D eigenvalue weighted by Gasteiger charge is -2.12. The van der Waals surface area contributed by atoms with E-state index in [0.29, 0.717) is 0 Å². The Morgan fingerprint density at radius 2 is 2.38 bits per heavy atom. The maximum absolute atomic E-state index is 5.48. The Labute approximate surface area is 58.1 Å². The molecular weight excluding hydrogens is 147 g/mol. The van der Waals surface area contributed by atoms with Crippen LogP contribution in [0.5, 0.6) is 0 Å². The summed E-state index contributed by atoms with van der Waals surface area (Å²) in [5.74, 6) is 0. The molecular formula is C4H6Cl2N2. The Kier molecular flexibility index (Phi) is 1.97. The molecule has 1 rings (SSSR count). The second-order valence-electron chi connectivity index (χ2n) is 1.54. The predicted molar refractivity (Wildman–Crippen MR) is 35.6 cm³/mol. The molecule has 0 aliphatic carbocycles. The van der Waals surface area contributed by atoms with Crippen LogP contribution in [0.25, 0.3) is 0 Å². The number of hydrogen-bond acceptors (Lipinski definition) is 2. The highest BCUT2D eigenvalue weighted by Gasteiger charge is 2.10. The van der Waals surface area contributed by atoms with Crippen LogP contribution in [-0.2, 0) is 0 Å². The Morgan fingerprint density at radius 3 is 2.62 bits per heavy atom. The summed E-state index contributed by atoms with van der Waals surface area (Å²) in [6.45, 7) is 1.66. The van der Waals surface area contributed by atoms with E-state index in [1.54, 1.807) is 11.2 Å². The molecule has 1 heterocycles. The van der Waals surface area contributed by atoms with Gasteiger partial charge < -0.3 is 4.90 Å². The van der Waals surface area contributed by atoms with Crippen LogP contribution in [0.4, 0.5) is 0 Å². The highest BCUT2D eigenvalue weighted by molar-refractivity contribution is 6.44. The van der Waals surface area contributed by atoms with Crippen molar-refractivity contribution in [3.8, 4) is 0 Å². The summed E-state index contributed by atoms with van der Waals surface area (Å²) in [4.78, 5) is 5.26. The van der Waals surface area contributed by atoms with Crippen LogP contribution in [0, 0.1) is 0 Å². The maximum Gasteiger partial charge on any atom is 0.180 e.